The Morgan fingerprint density at radius 1 is 1.29 bits per heavy atom. The van der Waals surface area contributed by atoms with Crippen molar-refractivity contribution in [1.29, 1.82) is 5.26 Å². The van der Waals surface area contributed by atoms with Gasteiger partial charge in [0, 0.05) is 18.2 Å². The Hall–Kier alpha value is -1.89. The van der Waals surface area contributed by atoms with E-state index in [0.29, 0.717) is 11.5 Å². The fourth-order valence-corrected chi connectivity index (χ4v) is 3.41. The van der Waals surface area contributed by atoms with Crippen molar-refractivity contribution in [3.8, 4) is 6.07 Å². The van der Waals surface area contributed by atoms with Gasteiger partial charge in [-0.2, -0.15) is 5.26 Å². The second-order valence-corrected chi connectivity index (χ2v) is 5.10. The second kappa shape index (κ2) is 3.07. The minimum atomic E-state index is 0.617. The van der Waals surface area contributed by atoms with Crippen LogP contribution in [0.4, 0.5) is 0 Å². The van der Waals surface area contributed by atoms with Gasteiger partial charge >= 0.3 is 0 Å². The van der Waals surface area contributed by atoms with Crippen molar-refractivity contribution in [2.24, 2.45) is 11.8 Å². The average molecular weight is 224 g/mol. The molecule has 0 aromatic carbocycles. The van der Waals surface area contributed by atoms with Crippen LogP contribution in [-0.4, -0.2) is 14.6 Å². The summed E-state index contributed by atoms with van der Waals surface area (Å²) in [4.78, 5) is 0. The first-order chi connectivity index (χ1) is 8.38. The molecule has 2 aromatic heterocycles. The highest BCUT2D eigenvalue weighted by molar-refractivity contribution is 5.46. The molecule has 2 aliphatic rings. The lowest BCUT2D eigenvalue weighted by atomic mass is 10.1. The maximum absolute atomic E-state index is 8.85. The summed E-state index contributed by atoms with van der Waals surface area (Å²) in [6.07, 6.45) is 6.00. The number of rotatable bonds is 1. The van der Waals surface area contributed by atoms with Crippen LogP contribution in [0.25, 0.3) is 5.65 Å². The highest BCUT2D eigenvalue weighted by Crippen LogP contribution is 2.62. The summed E-state index contributed by atoms with van der Waals surface area (Å²) in [6.45, 7) is 0. The summed E-state index contributed by atoms with van der Waals surface area (Å²) >= 11 is 0. The van der Waals surface area contributed by atoms with Gasteiger partial charge in [-0.3, -0.25) is 4.40 Å². The number of hydrogen-bond donors (Lipinski definition) is 0. The number of nitriles is 1. The van der Waals surface area contributed by atoms with Gasteiger partial charge in [-0.1, -0.05) is 6.42 Å². The maximum atomic E-state index is 8.85. The van der Waals surface area contributed by atoms with Crippen molar-refractivity contribution in [2.45, 2.75) is 25.2 Å². The van der Waals surface area contributed by atoms with Crippen molar-refractivity contribution >= 4 is 5.65 Å². The molecule has 0 spiro atoms. The molecule has 0 bridgehead atoms. The van der Waals surface area contributed by atoms with E-state index in [9.17, 15) is 0 Å². The van der Waals surface area contributed by atoms with E-state index >= 15 is 0 Å². The molecule has 2 aliphatic carbocycles. The Bertz CT molecular complexity index is 626. The first kappa shape index (κ1) is 9.17. The summed E-state index contributed by atoms with van der Waals surface area (Å²) in [7, 11) is 0. The fraction of sp³-hybridized carbons (Fsp3) is 0.462. The number of fused-ring (bicyclic) bond motifs is 2. The summed E-state index contributed by atoms with van der Waals surface area (Å²) in [5.74, 6) is 3.40. The van der Waals surface area contributed by atoms with Crippen LogP contribution in [0.3, 0.4) is 0 Å². The molecule has 2 aromatic rings. The molecule has 4 heteroatoms. The topological polar surface area (TPSA) is 54.0 Å². The Balaban J connectivity index is 1.80. The van der Waals surface area contributed by atoms with Crippen LogP contribution in [0.5, 0.6) is 0 Å². The van der Waals surface area contributed by atoms with Gasteiger partial charge < -0.3 is 0 Å². The normalized spacial score (nSPS) is 30.2. The Morgan fingerprint density at radius 2 is 2.12 bits per heavy atom. The quantitative estimate of drug-likeness (QED) is 0.745. The summed E-state index contributed by atoms with van der Waals surface area (Å²) in [6, 6.07) is 5.76. The molecular formula is C13H12N4. The van der Waals surface area contributed by atoms with Crippen LogP contribution in [0.15, 0.2) is 18.3 Å². The van der Waals surface area contributed by atoms with Gasteiger partial charge in [-0.25, -0.2) is 0 Å². The van der Waals surface area contributed by atoms with Gasteiger partial charge in [-0.15, -0.1) is 10.2 Å². The van der Waals surface area contributed by atoms with Crippen LogP contribution in [-0.2, 0) is 0 Å². The van der Waals surface area contributed by atoms with Crippen molar-refractivity contribution in [3.05, 3.63) is 29.7 Å². The van der Waals surface area contributed by atoms with Crippen LogP contribution in [0, 0.1) is 23.2 Å². The van der Waals surface area contributed by atoms with Crippen molar-refractivity contribution in [1.82, 2.24) is 14.6 Å². The van der Waals surface area contributed by atoms with E-state index in [0.717, 1.165) is 23.3 Å². The lowest BCUT2D eigenvalue weighted by molar-refractivity contribution is 0.653. The van der Waals surface area contributed by atoms with Gasteiger partial charge in [0.2, 0.25) is 0 Å². The third kappa shape index (κ3) is 1.17. The predicted molar refractivity (Wildman–Crippen MR) is 61.3 cm³/mol. The molecule has 2 saturated carbocycles. The molecule has 2 unspecified atom stereocenters. The molecule has 0 N–H and O–H groups in total. The lowest BCUT2D eigenvalue weighted by Crippen LogP contribution is -1.96. The molecular weight excluding hydrogens is 212 g/mol. The zero-order valence-corrected chi connectivity index (χ0v) is 9.37. The molecule has 84 valence electrons. The molecule has 2 atom stereocenters. The van der Waals surface area contributed by atoms with Crippen LogP contribution in [0.2, 0.25) is 0 Å². The van der Waals surface area contributed by atoms with E-state index in [4.69, 9.17) is 5.26 Å². The zero-order valence-electron chi connectivity index (χ0n) is 9.37. The maximum Gasteiger partial charge on any atom is 0.162 e. The van der Waals surface area contributed by atoms with Gasteiger partial charge in [-0.05, 0) is 30.7 Å². The van der Waals surface area contributed by atoms with E-state index in [-0.39, 0.29) is 0 Å². The van der Waals surface area contributed by atoms with Crippen molar-refractivity contribution in [2.75, 3.05) is 0 Å². The standard InChI is InChI=1S/C13H12N4/c14-7-8-4-5-17-11(6-8)15-16-13(17)12-9-2-1-3-10(9)12/h4-6,9-10,12H,1-3H2. The van der Waals surface area contributed by atoms with Gasteiger partial charge in [0.25, 0.3) is 0 Å². The van der Waals surface area contributed by atoms with E-state index in [1.165, 1.54) is 19.3 Å². The van der Waals surface area contributed by atoms with Crippen LogP contribution >= 0.6 is 0 Å². The highest BCUT2D eigenvalue weighted by Gasteiger charge is 2.55. The molecule has 0 radical (unpaired) electrons. The summed E-state index contributed by atoms with van der Waals surface area (Å²) in [5.41, 5.74) is 1.44. The third-order valence-corrected chi connectivity index (χ3v) is 4.27. The molecule has 4 rings (SSSR count). The average Bonchev–Trinajstić information content (AvgIpc) is 2.79. The Kier molecular flexibility index (Phi) is 1.66. The van der Waals surface area contributed by atoms with Crippen LogP contribution < -0.4 is 0 Å². The number of aromatic nitrogens is 3. The summed E-state index contributed by atoms with van der Waals surface area (Å²) in [5, 5.41) is 17.3. The molecule has 0 saturated heterocycles. The highest BCUT2D eigenvalue weighted by atomic mass is 15.3. The van der Waals surface area contributed by atoms with Crippen LogP contribution in [0.1, 0.15) is 36.6 Å². The van der Waals surface area contributed by atoms with E-state index in [1.807, 2.05) is 16.7 Å². The van der Waals surface area contributed by atoms with Gasteiger partial charge in [0.05, 0.1) is 11.6 Å². The Labute approximate surface area is 98.9 Å². The molecule has 2 fully saturated rings. The van der Waals surface area contributed by atoms with E-state index in [1.54, 1.807) is 6.07 Å². The SMILES string of the molecule is N#Cc1ccn2c(C3C4CCCC43)nnc2c1. The molecule has 17 heavy (non-hydrogen) atoms. The summed E-state index contributed by atoms with van der Waals surface area (Å²) < 4.78 is 2.05. The number of nitrogens with zero attached hydrogens (tertiary/aromatic N) is 4. The largest absolute Gasteiger partial charge is 0.286 e. The third-order valence-electron chi connectivity index (χ3n) is 4.27. The zero-order chi connectivity index (χ0) is 11.4. The first-order valence-corrected chi connectivity index (χ1v) is 6.13. The minimum absolute atomic E-state index is 0.617. The lowest BCUT2D eigenvalue weighted by Gasteiger charge is -2.01. The molecule has 0 amide bonds. The monoisotopic (exact) mass is 224 g/mol. The molecule has 4 nitrogen and oxygen atoms in total. The second-order valence-electron chi connectivity index (χ2n) is 5.10. The number of pyridine rings is 1. The number of hydrogen-bond acceptors (Lipinski definition) is 3. The Morgan fingerprint density at radius 3 is 2.88 bits per heavy atom. The van der Waals surface area contributed by atoms with Crippen molar-refractivity contribution in [3.63, 3.8) is 0 Å². The first-order valence-electron chi connectivity index (χ1n) is 6.13. The fourth-order valence-electron chi connectivity index (χ4n) is 3.41. The smallest absolute Gasteiger partial charge is 0.162 e. The van der Waals surface area contributed by atoms with E-state index in [2.05, 4.69) is 16.3 Å². The molecule has 0 aliphatic heterocycles. The molecule has 2 heterocycles. The van der Waals surface area contributed by atoms with Gasteiger partial charge in [0.15, 0.2) is 5.65 Å². The minimum Gasteiger partial charge on any atom is -0.286 e. The van der Waals surface area contributed by atoms with Gasteiger partial charge in [0.1, 0.15) is 5.82 Å². The predicted octanol–water partition coefficient (Wildman–Crippen LogP) is 2.11. The van der Waals surface area contributed by atoms with E-state index < -0.39 is 0 Å². The van der Waals surface area contributed by atoms with Crippen molar-refractivity contribution < 1.29 is 0 Å².